The zero-order valence-corrected chi connectivity index (χ0v) is 28.3. The fourth-order valence-corrected chi connectivity index (χ4v) is 8.94. The van der Waals surface area contributed by atoms with E-state index in [1.807, 2.05) is 0 Å². The first-order chi connectivity index (χ1) is 24.6. The van der Waals surface area contributed by atoms with Crippen LogP contribution in [-0.4, -0.2) is 57.5 Å². The van der Waals surface area contributed by atoms with Crippen molar-refractivity contribution in [1.29, 1.82) is 0 Å². The van der Waals surface area contributed by atoms with Crippen molar-refractivity contribution in [2.75, 3.05) is 23.0 Å². The molecule has 2 heterocycles. The second-order valence-electron chi connectivity index (χ2n) is 12.9. The van der Waals surface area contributed by atoms with Crippen LogP contribution in [0.1, 0.15) is 41.6 Å². The molecule has 0 spiro atoms. The van der Waals surface area contributed by atoms with Gasteiger partial charge in [-0.3, -0.25) is 28.9 Å². The molecular weight excluding hydrogens is 738 g/mol. The van der Waals surface area contributed by atoms with E-state index in [-0.39, 0.29) is 46.3 Å². The Hall–Kier alpha value is -4.66. The molecular formula is C36H25Cl2F5N2O7. The largest absolute Gasteiger partial charge is 0.491 e. The standard InChI is InChI=1S/C36H25Cl2F5N2O7/c1-15(47)16-6-8-17(9-7-16)44-31(48)20-11-10-18-21(23(20)32(44)49)14-35(37)33(50)45(30-28(42)26(40)25(39)27(41)29(30)43)34(51)36(35,38)24(18)19-4-2-3-5-22(19)52-13-12-46/h2-10,20-21,23-24,46H,11-14H2,1H3/t20-,21+,23-,24+,35+,36-/m0/s1. The van der Waals surface area contributed by atoms with Gasteiger partial charge in [0, 0.05) is 17.0 Å². The summed E-state index contributed by atoms with van der Waals surface area (Å²) in [4.78, 5) is 64.1. The average Bonchev–Trinajstić information content (AvgIpc) is 3.47. The van der Waals surface area contributed by atoms with Crippen LogP contribution in [0.2, 0.25) is 0 Å². The number of aliphatic hydroxyl groups is 1. The molecule has 1 N–H and O–H groups in total. The van der Waals surface area contributed by atoms with E-state index in [1.54, 1.807) is 6.08 Å². The van der Waals surface area contributed by atoms with Crippen LogP contribution in [0.15, 0.2) is 60.2 Å². The van der Waals surface area contributed by atoms with Crippen molar-refractivity contribution < 1.29 is 55.8 Å². The summed E-state index contributed by atoms with van der Waals surface area (Å²) in [5.41, 5.74) is -1.08. The SMILES string of the molecule is CC(=O)c1ccc(N2C(=O)[C@H]3[C@H](CC=C4[C@H]3C[C@@]3(Cl)C(=O)N(c5c(F)c(F)c(F)c(F)c5F)C(=O)[C@@]3(Cl)[C@H]4c3ccccc3OCCO)C2=O)cc1. The number of hydrogen-bond donors (Lipinski definition) is 1. The van der Waals surface area contributed by atoms with Crippen molar-refractivity contribution in [3.63, 3.8) is 0 Å². The first kappa shape index (κ1) is 35.7. The maximum atomic E-state index is 15.3. The van der Waals surface area contributed by atoms with Crippen LogP contribution in [0.3, 0.4) is 0 Å². The summed E-state index contributed by atoms with van der Waals surface area (Å²) in [6.45, 7) is 0.632. The first-order valence-corrected chi connectivity index (χ1v) is 16.7. The fraction of sp³-hybridized carbons (Fsp3) is 0.306. The molecule has 3 fully saturated rings. The molecule has 6 atom stereocenters. The number of para-hydroxylation sites is 1. The molecule has 0 radical (unpaired) electrons. The molecule has 4 amide bonds. The molecule has 0 bridgehead atoms. The maximum Gasteiger partial charge on any atom is 0.258 e. The minimum atomic E-state index is -2.73. The maximum absolute atomic E-state index is 15.3. The van der Waals surface area contributed by atoms with Gasteiger partial charge in [-0.1, -0.05) is 29.8 Å². The summed E-state index contributed by atoms with van der Waals surface area (Å²) in [5.74, 6) is -22.0. The number of ether oxygens (including phenoxy) is 1. The van der Waals surface area contributed by atoms with E-state index in [1.165, 1.54) is 55.5 Å². The Labute approximate surface area is 301 Å². The number of nitrogens with zero attached hydrogens (tertiary/aromatic N) is 2. The summed E-state index contributed by atoms with van der Waals surface area (Å²) >= 11 is 14.3. The number of fused-ring (bicyclic) bond motifs is 4. The topological polar surface area (TPSA) is 121 Å². The Morgan fingerprint density at radius 2 is 1.46 bits per heavy atom. The Balaban J connectivity index is 1.42. The van der Waals surface area contributed by atoms with E-state index in [0.717, 1.165) is 4.90 Å². The molecule has 7 rings (SSSR count). The Kier molecular flexibility index (Phi) is 8.58. The molecule has 2 saturated heterocycles. The molecule has 3 aromatic carbocycles. The van der Waals surface area contributed by atoms with E-state index in [2.05, 4.69) is 0 Å². The van der Waals surface area contributed by atoms with Gasteiger partial charge in [-0.25, -0.2) is 26.9 Å². The average molecular weight is 763 g/mol. The summed E-state index contributed by atoms with van der Waals surface area (Å²) in [6, 6.07) is 11.6. The van der Waals surface area contributed by atoms with Gasteiger partial charge in [0.2, 0.25) is 17.6 Å². The van der Waals surface area contributed by atoms with Gasteiger partial charge in [-0.2, -0.15) is 0 Å². The van der Waals surface area contributed by atoms with Gasteiger partial charge in [-0.05, 0) is 56.0 Å². The lowest BCUT2D eigenvalue weighted by atomic mass is 9.56. The van der Waals surface area contributed by atoms with Crippen LogP contribution in [-0.2, 0) is 19.2 Å². The van der Waals surface area contributed by atoms with Crippen molar-refractivity contribution >= 4 is 64.0 Å². The Morgan fingerprint density at radius 3 is 2.08 bits per heavy atom. The molecule has 270 valence electrons. The van der Waals surface area contributed by atoms with E-state index >= 15 is 8.78 Å². The van der Waals surface area contributed by atoms with Gasteiger partial charge in [0.1, 0.15) is 18.0 Å². The lowest BCUT2D eigenvalue weighted by Gasteiger charge is -2.50. The van der Waals surface area contributed by atoms with Crippen LogP contribution in [0.25, 0.3) is 0 Å². The number of aliphatic hydroxyl groups excluding tert-OH is 1. The summed E-state index contributed by atoms with van der Waals surface area (Å²) in [5, 5.41) is 9.49. The summed E-state index contributed by atoms with van der Waals surface area (Å²) in [7, 11) is 0. The highest BCUT2D eigenvalue weighted by Gasteiger charge is 2.77. The van der Waals surface area contributed by atoms with Gasteiger partial charge in [0.05, 0.1) is 24.1 Å². The summed E-state index contributed by atoms with van der Waals surface area (Å²) in [6.07, 6.45) is 0.825. The number of imide groups is 2. The van der Waals surface area contributed by atoms with Crippen molar-refractivity contribution in [2.45, 2.75) is 35.4 Å². The second-order valence-corrected chi connectivity index (χ2v) is 14.2. The lowest BCUT2D eigenvalue weighted by molar-refractivity contribution is -0.125. The number of rotatable bonds is 7. The zero-order chi connectivity index (χ0) is 37.6. The number of hydrogen-bond acceptors (Lipinski definition) is 7. The van der Waals surface area contributed by atoms with Gasteiger partial charge < -0.3 is 9.84 Å². The van der Waals surface area contributed by atoms with Crippen LogP contribution in [0.4, 0.5) is 33.3 Å². The highest BCUT2D eigenvalue weighted by molar-refractivity contribution is 6.58. The van der Waals surface area contributed by atoms with Crippen LogP contribution < -0.4 is 14.5 Å². The third-order valence-electron chi connectivity index (χ3n) is 10.3. The molecule has 1 saturated carbocycles. The van der Waals surface area contributed by atoms with E-state index in [9.17, 15) is 42.3 Å². The van der Waals surface area contributed by atoms with Crippen LogP contribution in [0.5, 0.6) is 5.75 Å². The number of Topliss-reactive ketones (excluding diaryl/α,β-unsaturated/α-hetero) is 1. The molecule has 0 unspecified atom stereocenters. The Morgan fingerprint density at radius 1 is 0.846 bits per heavy atom. The molecule has 16 heteroatoms. The molecule has 2 aliphatic carbocycles. The molecule has 0 aromatic heterocycles. The van der Waals surface area contributed by atoms with Crippen molar-refractivity contribution in [3.05, 3.63) is 100 Å². The number of allylic oxidation sites excluding steroid dienone is 2. The fourth-order valence-electron chi connectivity index (χ4n) is 8.02. The molecule has 3 aromatic rings. The highest BCUT2D eigenvalue weighted by atomic mass is 35.5. The van der Waals surface area contributed by atoms with E-state index < -0.39 is 105 Å². The third-order valence-corrected chi connectivity index (χ3v) is 11.7. The van der Waals surface area contributed by atoms with Crippen LogP contribution >= 0.6 is 23.2 Å². The quantitative estimate of drug-likeness (QED) is 0.0622. The molecule has 9 nitrogen and oxygen atoms in total. The smallest absolute Gasteiger partial charge is 0.258 e. The number of amides is 4. The van der Waals surface area contributed by atoms with Gasteiger partial charge in [0.15, 0.2) is 38.8 Å². The number of alkyl halides is 2. The zero-order valence-electron chi connectivity index (χ0n) is 26.8. The lowest BCUT2D eigenvalue weighted by Crippen LogP contribution is -2.60. The number of ketones is 1. The summed E-state index contributed by atoms with van der Waals surface area (Å²) < 4.78 is 79.3. The highest BCUT2D eigenvalue weighted by Crippen LogP contribution is 2.66. The molecule has 4 aliphatic rings. The Bertz CT molecular complexity index is 2120. The van der Waals surface area contributed by atoms with Crippen molar-refractivity contribution in [2.24, 2.45) is 17.8 Å². The van der Waals surface area contributed by atoms with Gasteiger partial charge >= 0.3 is 0 Å². The van der Waals surface area contributed by atoms with E-state index in [0.29, 0.717) is 5.56 Å². The van der Waals surface area contributed by atoms with Gasteiger partial charge in [-0.15, -0.1) is 23.2 Å². The minimum absolute atomic E-state index is 0.0280. The van der Waals surface area contributed by atoms with Gasteiger partial charge in [0.25, 0.3) is 11.8 Å². The number of carbonyl (C=O) groups excluding carboxylic acids is 5. The van der Waals surface area contributed by atoms with Crippen LogP contribution in [0, 0.1) is 46.8 Å². The third kappa shape index (κ3) is 4.73. The number of carbonyl (C=O) groups is 5. The monoisotopic (exact) mass is 762 g/mol. The molecule has 52 heavy (non-hydrogen) atoms. The van der Waals surface area contributed by atoms with E-state index in [4.69, 9.17) is 27.9 Å². The minimum Gasteiger partial charge on any atom is -0.491 e. The molecule has 2 aliphatic heterocycles. The normalized spacial score (nSPS) is 28.1. The van der Waals surface area contributed by atoms with Crippen molar-refractivity contribution in [3.8, 4) is 5.75 Å². The predicted octanol–water partition coefficient (Wildman–Crippen LogP) is 5.72. The first-order valence-electron chi connectivity index (χ1n) is 15.9. The number of benzene rings is 3. The second kappa shape index (κ2) is 12.5. The van der Waals surface area contributed by atoms with Crippen molar-refractivity contribution in [1.82, 2.24) is 0 Å². The number of halogens is 7. The predicted molar refractivity (Wildman–Crippen MR) is 174 cm³/mol. The number of anilines is 2.